The molecule has 0 heterocycles. The van der Waals surface area contributed by atoms with Crippen molar-refractivity contribution < 1.29 is 0 Å². The third kappa shape index (κ3) is 2.03. The molecule has 3 rings (SSSR count). The van der Waals surface area contributed by atoms with E-state index in [4.69, 9.17) is 0 Å². The van der Waals surface area contributed by atoms with Crippen molar-refractivity contribution in [3.63, 3.8) is 0 Å². The van der Waals surface area contributed by atoms with Crippen LogP contribution < -0.4 is 0 Å². The predicted octanol–water partition coefficient (Wildman–Crippen LogP) is 5.33. The SMILES string of the molecule is CC.Cc1cccc2c1ccc1ccccc12. The zero-order valence-electron chi connectivity index (χ0n) is 10.7. The lowest BCUT2D eigenvalue weighted by atomic mass is 9.99. The van der Waals surface area contributed by atoms with E-state index in [1.54, 1.807) is 0 Å². The molecule has 0 N–H and O–H groups in total. The van der Waals surface area contributed by atoms with Crippen LogP contribution in [0, 0.1) is 6.92 Å². The lowest BCUT2D eigenvalue weighted by Crippen LogP contribution is -1.80. The third-order valence-corrected chi connectivity index (χ3v) is 3.00. The van der Waals surface area contributed by atoms with Gasteiger partial charge >= 0.3 is 0 Å². The maximum absolute atomic E-state index is 2.22. The van der Waals surface area contributed by atoms with E-state index >= 15 is 0 Å². The van der Waals surface area contributed by atoms with Crippen LogP contribution >= 0.6 is 0 Å². The topological polar surface area (TPSA) is 0 Å². The van der Waals surface area contributed by atoms with E-state index in [1.807, 2.05) is 13.8 Å². The van der Waals surface area contributed by atoms with E-state index in [0.29, 0.717) is 0 Å². The largest absolute Gasteiger partial charge is 0.0683 e. The van der Waals surface area contributed by atoms with E-state index in [2.05, 4.69) is 61.5 Å². The Balaban J connectivity index is 0.000000514. The summed E-state index contributed by atoms with van der Waals surface area (Å²) in [5.74, 6) is 0. The second-order valence-electron chi connectivity index (χ2n) is 3.96. The molecular formula is C17H18. The summed E-state index contributed by atoms with van der Waals surface area (Å²) in [5.41, 5.74) is 1.35. The van der Waals surface area contributed by atoms with Gasteiger partial charge < -0.3 is 0 Å². The summed E-state index contributed by atoms with van der Waals surface area (Å²) in [6, 6.07) is 19.5. The van der Waals surface area contributed by atoms with Crippen LogP contribution in [0.15, 0.2) is 54.6 Å². The molecule has 0 spiro atoms. The Bertz CT molecular complexity index is 636. The van der Waals surface area contributed by atoms with Gasteiger partial charge in [0.1, 0.15) is 0 Å². The fourth-order valence-corrected chi connectivity index (χ4v) is 2.20. The second kappa shape index (κ2) is 5.01. The van der Waals surface area contributed by atoms with Crippen LogP contribution in [0.1, 0.15) is 19.4 Å². The van der Waals surface area contributed by atoms with Crippen molar-refractivity contribution in [2.45, 2.75) is 20.8 Å². The molecule has 17 heavy (non-hydrogen) atoms. The van der Waals surface area contributed by atoms with Gasteiger partial charge in [0.05, 0.1) is 0 Å². The third-order valence-electron chi connectivity index (χ3n) is 3.00. The minimum absolute atomic E-state index is 1.32. The second-order valence-corrected chi connectivity index (χ2v) is 3.96. The normalized spacial score (nSPS) is 10.1. The van der Waals surface area contributed by atoms with Crippen molar-refractivity contribution in [1.29, 1.82) is 0 Å². The van der Waals surface area contributed by atoms with Crippen molar-refractivity contribution in [1.82, 2.24) is 0 Å². The smallest absolute Gasteiger partial charge is 0.0103 e. The van der Waals surface area contributed by atoms with Gasteiger partial charge in [-0.1, -0.05) is 68.4 Å². The molecule has 3 aromatic rings. The highest BCUT2D eigenvalue weighted by atomic mass is 14.0. The van der Waals surface area contributed by atoms with E-state index in [0.717, 1.165) is 0 Å². The van der Waals surface area contributed by atoms with Crippen molar-refractivity contribution >= 4 is 21.5 Å². The van der Waals surface area contributed by atoms with Gasteiger partial charge in [0, 0.05) is 0 Å². The van der Waals surface area contributed by atoms with Gasteiger partial charge in [0.2, 0.25) is 0 Å². The molecule has 0 bridgehead atoms. The highest BCUT2D eigenvalue weighted by Crippen LogP contribution is 2.26. The first-order valence-corrected chi connectivity index (χ1v) is 6.23. The molecule has 0 amide bonds. The highest BCUT2D eigenvalue weighted by molar-refractivity contribution is 6.08. The van der Waals surface area contributed by atoms with Crippen LogP contribution in [0.4, 0.5) is 0 Å². The first-order chi connectivity index (χ1) is 8.36. The van der Waals surface area contributed by atoms with Crippen molar-refractivity contribution in [2.75, 3.05) is 0 Å². The number of aryl methyl sites for hydroxylation is 1. The van der Waals surface area contributed by atoms with Gasteiger partial charge in [-0.2, -0.15) is 0 Å². The number of hydrogen-bond donors (Lipinski definition) is 0. The van der Waals surface area contributed by atoms with Crippen LogP contribution in [0.3, 0.4) is 0 Å². The van der Waals surface area contributed by atoms with Crippen molar-refractivity contribution in [3.8, 4) is 0 Å². The van der Waals surface area contributed by atoms with Crippen LogP contribution in [0.5, 0.6) is 0 Å². The van der Waals surface area contributed by atoms with Crippen molar-refractivity contribution in [3.05, 3.63) is 60.2 Å². The Morgan fingerprint density at radius 2 is 1.29 bits per heavy atom. The molecule has 0 saturated carbocycles. The molecule has 0 aliphatic carbocycles. The van der Waals surface area contributed by atoms with E-state index in [9.17, 15) is 0 Å². The number of hydrogen-bond acceptors (Lipinski definition) is 0. The molecular weight excluding hydrogens is 204 g/mol. The summed E-state index contributed by atoms with van der Waals surface area (Å²) in [4.78, 5) is 0. The quantitative estimate of drug-likeness (QED) is 0.451. The molecule has 0 heteroatoms. The lowest BCUT2D eigenvalue weighted by molar-refractivity contribution is 1.50. The molecule has 0 fully saturated rings. The molecule has 0 aliphatic heterocycles. The number of rotatable bonds is 0. The molecule has 0 unspecified atom stereocenters. The Kier molecular flexibility index (Phi) is 3.43. The summed E-state index contributed by atoms with van der Waals surface area (Å²) in [7, 11) is 0. The van der Waals surface area contributed by atoms with Crippen LogP contribution in [-0.2, 0) is 0 Å². The summed E-state index contributed by atoms with van der Waals surface area (Å²) in [6.07, 6.45) is 0. The summed E-state index contributed by atoms with van der Waals surface area (Å²) >= 11 is 0. The number of fused-ring (bicyclic) bond motifs is 3. The first kappa shape index (κ1) is 11.7. The van der Waals surface area contributed by atoms with Crippen LogP contribution in [0.25, 0.3) is 21.5 Å². The zero-order chi connectivity index (χ0) is 12.3. The van der Waals surface area contributed by atoms with Crippen LogP contribution in [0.2, 0.25) is 0 Å². The molecule has 0 aromatic heterocycles. The summed E-state index contributed by atoms with van der Waals surface area (Å²) in [6.45, 7) is 6.16. The van der Waals surface area contributed by atoms with Crippen LogP contribution in [-0.4, -0.2) is 0 Å². The van der Waals surface area contributed by atoms with Gasteiger partial charge in [-0.3, -0.25) is 0 Å². The molecule has 0 nitrogen and oxygen atoms in total. The summed E-state index contributed by atoms with van der Waals surface area (Å²) in [5, 5.41) is 5.37. The van der Waals surface area contributed by atoms with Gasteiger partial charge in [0.15, 0.2) is 0 Å². The molecule has 0 aliphatic rings. The Hall–Kier alpha value is -1.82. The standard InChI is InChI=1S/C15H12.C2H6/c1-11-5-4-8-15-13(11)10-9-12-6-2-3-7-14(12)15;1-2/h2-10H,1H3;1-2H3. The Labute approximate surface area is 103 Å². The maximum atomic E-state index is 2.22. The molecule has 0 saturated heterocycles. The van der Waals surface area contributed by atoms with Gasteiger partial charge in [-0.25, -0.2) is 0 Å². The highest BCUT2D eigenvalue weighted by Gasteiger charge is 2.00. The molecule has 0 radical (unpaired) electrons. The maximum Gasteiger partial charge on any atom is -0.0103 e. The average Bonchev–Trinajstić information content (AvgIpc) is 2.41. The fourth-order valence-electron chi connectivity index (χ4n) is 2.20. The first-order valence-electron chi connectivity index (χ1n) is 6.23. The molecule has 86 valence electrons. The lowest BCUT2D eigenvalue weighted by Gasteiger charge is -2.05. The fraction of sp³-hybridized carbons (Fsp3) is 0.176. The van der Waals surface area contributed by atoms with E-state index in [-0.39, 0.29) is 0 Å². The van der Waals surface area contributed by atoms with Gasteiger partial charge in [-0.05, 0) is 34.0 Å². The van der Waals surface area contributed by atoms with Crippen molar-refractivity contribution in [2.24, 2.45) is 0 Å². The minimum atomic E-state index is 1.32. The van der Waals surface area contributed by atoms with E-state index in [1.165, 1.54) is 27.1 Å². The summed E-state index contributed by atoms with van der Waals surface area (Å²) < 4.78 is 0. The Morgan fingerprint density at radius 3 is 2.12 bits per heavy atom. The molecule has 3 aromatic carbocycles. The predicted molar refractivity (Wildman–Crippen MR) is 77.5 cm³/mol. The minimum Gasteiger partial charge on any atom is -0.0683 e. The Morgan fingerprint density at radius 1 is 0.588 bits per heavy atom. The van der Waals surface area contributed by atoms with Gasteiger partial charge in [-0.15, -0.1) is 0 Å². The van der Waals surface area contributed by atoms with Gasteiger partial charge in [0.25, 0.3) is 0 Å². The average molecular weight is 222 g/mol. The number of benzene rings is 3. The zero-order valence-corrected chi connectivity index (χ0v) is 10.7. The van der Waals surface area contributed by atoms with E-state index < -0.39 is 0 Å². The monoisotopic (exact) mass is 222 g/mol. The molecule has 0 atom stereocenters.